The van der Waals surface area contributed by atoms with E-state index >= 15 is 0 Å². The Morgan fingerprint density at radius 2 is 2.29 bits per heavy atom. The third-order valence-corrected chi connectivity index (χ3v) is 3.44. The van der Waals surface area contributed by atoms with Crippen LogP contribution in [-0.2, 0) is 0 Å². The molecule has 0 bridgehead atoms. The summed E-state index contributed by atoms with van der Waals surface area (Å²) in [5.74, 6) is 1.20. The lowest BCUT2D eigenvalue weighted by atomic mass is 9.89. The van der Waals surface area contributed by atoms with Gasteiger partial charge in [0, 0.05) is 23.7 Å². The van der Waals surface area contributed by atoms with Crippen molar-refractivity contribution in [1.29, 1.82) is 0 Å². The minimum absolute atomic E-state index is 0.0303. The van der Waals surface area contributed by atoms with Crippen molar-refractivity contribution in [3.05, 3.63) is 23.8 Å². The van der Waals surface area contributed by atoms with Gasteiger partial charge < -0.3 is 20.9 Å². The molecule has 1 heterocycles. The molecule has 1 aliphatic rings. The van der Waals surface area contributed by atoms with E-state index < -0.39 is 0 Å². The molecule has 4 nitrogen and oxygen atoms in total. The molecule has 2 rings (SSSR count). The Bertz CT molecular complexity index is 395. The van der Waals surface area contributed by atoms with Gasteiger partial charge in [0.1, 0.15) is 5.75 Å². The maximum Gasteiger partial charge on any atom is 0.119 e. The van der Waals surface area contributed by atoms with Gasteiger partial charge in [0.2, 0.25) is 0 Å². The molecule has 0 aromatic heterocycles. The third kappa shape index (κ3) is 2.37. The second kappa shape index (κ2) is 4.94. The average molecular weight is 236 g/mol. The number of benzene rings is 1. The number of hydrogen-bond acceptors (Lipinski definition) is 4. The van der Waals surface area contributed by atoms with E-state index in [1.807, 2.05) is 12.1 Å². The Morgan fingerprint density at radius 1 is 1.53 bits per heavy atom. The van der Waals surface area contributed by atoms with E-state index in [-0.39, 0.29) is 12.6 Å². The van der Waals surface area contributed by atoms with Crippen molar-refractivity contribution in [2.45, 2.75) is 31.3 Å². The molecule has 3 atom stereocenters. The Labute approximate surface area is 102 Å². The van der Waals surface area contributed by atoms with E-state index in [4.69, 9.17) is 15.6 Å². The third-order valence-electron chi connectivity index (χ3n) is 3.44. The summed E-state index contributed by atoms with van der Waals surface area (Å²) >= 11 is 0. The molecule has 0 aliphatic carbocycles. The van der Waals surface area contributed by atoms with Gasteiger partial charge >= 0.3 is 0 Å². The van der Waals surface area contributed by atoms with Crippen molar-refractivity contribution in [1.82, 2.24) is 0 Å². The number of anilines is 1. The Balaban J connectivity index is 2.24. The summed E-state index contributed by atoms with van der Waals surface area (Å²) in [5.41, 5.74) is 8.22. The highest BCUT2D eigenvalue weighted by molar-refractivity contribution is 5.61. The number of aliphatic hydroxyl groups is 1. The molecule has 94 valence electrons. The number of rotatable bonds is 4. The molecule has 0 radical (unpaired) electrons. The second-order valence-electron chi connectivity index (χ2n) is 4.67. The highest BCUT2D eigenvalue weighted by atomic mass is 16.5. The number of nitrogens with one attached hydrogen (secondary N) is 1. The van der Waals surface area contributed by atoms with Crippen LogP contribution in [0.2, 0.25) is 0 Å². The maximum atomic E-state index is 9.06. The maximum absolute atomic E-state index is 9.06. The smallest absolute Gasteiger partial charge is 0.119 e. The lowest BCUT2D eigenvalue weighted by Gasteiger charge is -2.19. The summed E-state index contributed by atoms with van der Waals surface area (Å²) in [6, 6.07) is 6.22. The van der Waals surface area contributed by atoms with Crippen LogP contribution in [0.3, 0.4) is 0 Å². The van der Waals surface area contributed by atoms with E-state index in [2.05, 4.69) is 18.3 Å². The van der Waals surface area contributed by atoms with Gasteiger partial charge in [-0.05, 0) is 37.1 Å². The van der Waals surface area contributed by atoms with Gasteiger partial charge in [-0.2, -0.15) is 0 Å². The topological polar surface area (TPSA) is 67.5 Å². The summed E-state index contributed by atoms with van der Waals surface area (Å²) in [5, 5.41) is 12.5. The Hall–Kier alpha value is -1.26. The summed E-state index contributed by atoms with van der Waals surface area (Å²) in [4.78, 5) is 0. The molecule has 17 heavy (non-hydrogen) atoms. The standard InChI is InChI=1S/C13H20N2O2/c1-8-11(5-9(14)7-16)12-6-10(17-2)3-4-13(12)15-8/h3-4,6,8-9,11,15-16H,5,7,14H2,1-2H3/t8?,9-,11?/m0/s1. The van der Waals surface area contributed by atoms with Crippen LogP contribution in [0.25, 0.3) is 0 Å². The van der Waals surface area contributed by atoms with Crippen molar-refractivity contribution in [2.75, 3.05) is 19.0 Å². The molecular formula is C13H20N2O2. The van der Waals surface area contributed by atoms with Crippen molar-refractivity contribution >= 4 is 5.69 Å². The van der Waals surface area contributed by atoms with Crippen LogP contribution in [-0.4, -0.2) is 30.9 Å². The van der Waals surface area contributed by atoms with E-state index in [9.17, 15) is 0 Å². The summed E-state index contributed by atoms with van der Waals surface area (Å²) in [7, 11) is 1.67. The lowest BCUT2D eigenvalue weighted by Crippen LogP contribution is -2.29. The molecule has 4 heteroatoms. The highest BCUT2D eigenvalue weighted by Crippen LogP contribution is 2.40. The van der Waals surface area contributed by atoms with Crippen molar-refractivity contribution < 1.29 is 9.84 Å². The van der Waals surface area contributed by atoms with Gasteiger partial charge in [0.05, 0.1) is 13.7 Å². The Kier molecular flexibility index (Phi) is 3.54. The molecular weight excluding hydrogens is 216 g/mol. The fourth-order valence-electron chi connectivity index (χ4n) is 2.45. The van der Waals surface area contributed by atoms with E-state index in [0.717, 1.165) is 17.9 Å². The number of methoxy groups -OCH3 is 1. The number of aliphatic hydroxyl groups excluding tert-OH is 1. The van der Waals surface area contributed by atoms with Crippen molar-refractivity contribution in [3.63, 3.8) is 0 Å². The van der Waals surface area contributed by atoms with Crippen LogP contribution < -0.4 is 15.8 Å². The monoisotopic (exact) mass is 236 g/mol. The average Bonchev–Trinajstić information content (AvgIpc) is 2.65. The first-order valence-corrected chi connectivity index (χ1v) is 5.96. The van der Waals surface area contributed by atoms with Gasteiger partial charge in [0.25, 0.3) is 0 Å². The summed E-state index contributed by atoms with van der Waals surface area (Å²) in [6.07, 6.45) is 0.783. The SMILES string of the molecule is COc1ccc2c(c1)C(C[C@H](N)CO)C(C)N2. The van der Waals surface area contributed by atoms with Crippen LogP contribution in [0.15, 0.2) is 18.2 Å². The quantitative estimate of drug-likeness (QED) is 0.737. The first-order chi connectivity index (χ1) is 8.15. The van der Waals surface area contributed by atoms with Crippen molar-refractivity contribution in [2.24, 2.45) is 5.73 Å². The fraction of sp³-hybridized carbons (Fsp3) is 0.538. The van der Waals surface area contributed by atoms with E-state index in [0.29, 0.717) is 12.0 Å². The van der Waals surface area contributed by atoms with Gasteiger partial charge in [0.15, 0.2) is 0 Å². The first kappa shape index (κ1) is 12.2. The molecule has 0 spiro atoms. The zero-order valence-corrected chi connectivity index (χ0v) is 10.3. The van der Waals surface area contributed by atoms with Crippen LogP contribution >= 0.6 is 0 Å². The molecule has 1 aromatic carbocycles. The normalized spacial score (nSPS) is 24.0. The Morgan fingerprint density at radius 3 is 2.94 bits per heavy atom. The molecule has 0 fully saturated rings. The summed E-state index contributed by atoms with van der Waals surface area (Å²) in [6.45, 7) is 2.17. The van der Waals surface area contributed by atoms with Crippen LogP contribution in [0.1, 0.15) is 24.8 Å². The number of ether oxygens (including phenoxy) is 1. The van der Waals surface area contributed by atoms with Crippen LogP contribution in [0, 0.1) is 0 Å². The molecule has 1 aliphatic heterocycles. The fourth-order valence-corrected chi connectivity index (χ4v) is 2.45. The molecule has 2 unspecified atom stereocenters. The zero-order valence-electron chi connectivity index (χ0n) is 10.3. The minimum Gasteiger partial charge on any atom is -0.497 e. The second-order valence-corrected chi connectivity index (χ2v) is 4.67. The van der Waals surface area contributed by atoms with E-state index in [1.54, 1.807) is 7.11 Å². The predicted octanol–water partition coefficient (Wildman–Crippen LogP) is 1.30. The van der Waals surface area contributed by atoms with Gasteiger partial charge in [-0.1, -0.05) is 0 Å². The number of fused-ring (bicyclic) bond motifs is 1. The van der Waals surface area contributed by atoms with Gasteiger partial charge in [-0.25, -0.2) is 0 Å². The number of hydrogen-bond donors (Lipinski definition) is 3. The predicted molar refractivity (Wildman–Crippen MR) is 68.5 cm³/mol. The minimum atomic E-state index is -0.165. The lowest BCUT2D eigenvalue weighted by molar-refractivity contribution is 0.253. The molecule has 1 aromatic rings. The van der Waals surface area contributed by atoms with Crippen LogP contribution in [0.5, 0.6) is 5.75 Å². The van der Waals surface area contributed by atoms with Gasteiger partial charge in [-0.3, -0.25) is 0 Å². The molecule has 0 saturated heterocycles. The highest BCUT2D eigenvalue weighted by Gasteiger charge is 2.30. The largest absolute Gasteiger partial charge is 0.497 e. The number of nitrogens with two attached hydrogens (primary N) is 1. The zero-order chi connectivity index (χ0) is 12.4. The molecule has 4 N–H and O–H groups in total. The molecule has 0 saturated carbocycles. The summed E-state index contributed by atoms with van der Waals surface area (Å²) < 4.78 is 5.25. The van der Waals surface area contributed by atoms with Crippen molar-refractivity contribution in [3.8, 4) is 5.75 Å². The van der Waals surface area contributed by atoms with Gasteiger partial charge in [-0.15, -0.1) is 0 Å². The molecule has 0 amide bonds. The van der Waals surface area contributed by atoms with Crippen LogP contribution in [0.4, 0.5) is 5.69 Å². The first-order valence-electron chi connectivity index (χ1n) is 5.96. The van der Waals surface area contributed by atoms with E-state index in [1.165, 1.54) is 5.56 Å².